The van der Waals surface area contributed by atoms with Crippen LogP contribution in [0.4, 0.5) is 17.1 Å². The Bertz CT molecular complexity index is 2670. The topological polar surface area (TPSA) is 29.5 Å². The molecule has 3 heteroatoms. The molecule has 1 aliphatic rings. The Balaban J connectivity index is 1.21. The zero-order valence-corrected chi connectivity index (χ0v) is 27.4. The summed E-state index contributed by atoms with van der Waals surface area (Å²) < 4.78 is 13.0. The smallest absolute Gasteiger partial charge is 0.143 e. The van der Waals surface area contributed by atoms with E-state index in [1.54, 1.807) is 0 Å². The van der Waals surface area contributed by atoms with E-state index in [-0.39, 0.29) is 0 Å². The molecule has 0 saturated heterocycles. The minimum absolute atomic E-state index is 0.718. The quantitative estimate of drug-likeness (QED) is 0.189. The van der Waals surface area contributed by atoms with Crippen LogP contribution in [0, 0.1) is 6.92 Å². The highest BCUT2D eigenvalue weighted by molar-refractivity contribution is 6.21. The summed E-state index contributed by atoms with van der Waals surface area (Å²) in [6.07, 6.45) is 5.34. The van der Waals surface area contributed by atoms with Gasteiger partial charge in [0.05, 0.1) is 16.8 Å². The van der Waals surface area contributed by atoms with E-state index in [0.717, 1.165) is 77.6 Å². The van der Waals surface area contributed by atoms with E-state index in [0.29, 0.717) is 0 Å². The second kappa shape index (κ2) is 11.1. The monoisotopic (exact) mass is 633 g/mol. The van der Waals surface area contributed by atoms with E-state index in [9.17, 15) is 0 Å². The number of hydrogen-bond acceptors (Lipinski definition) is 3. The molecule has 0 N–H and O–H groups in total. The lowest BCUT2D eigenvalue weighted by Gasteiger charge is -2.28. The number of benzene rings is 7. The number of fused-ring (bicyclic) bond motifs is 8. The SMILES string of the molecule is Cc1cccc2oc3c4ccccc4c(N(c4ccc(-c5ccc(C6CCCC6)cc5)cc4)c4cccc5oc6ccccc6c45)cc3c12. The van der Waals surface area contributed by atoms with Crippen molar-refractivity contribution in [3.05, 3.63) is 151 Å². The largest absolute Gasteiger partial charge is 0.456 e. The number of hydrogen-bond donors (Lipinski definition) is 0. The Labute approximate surface area is 285 Å². The summed E-state index contributed by atoms with van der Waals surface area (Å²) in [5, 5.41) is 6.71. The maximum absolute atomic E-state index is 6.58. The van der Waals surface area contributed by atoms with Crippen molar-refractivity contribution >= 4 is 71.7 Å². The molecule has 0 amide bonds. The number of anilines is 3. The van der Waals surface area contributed by atoms with Crippen LogP contribution < -0.4 is 4.90 Å². The molecular formula is C46H35NO2. The standard InChI is InChI=1S/C46H35NO2/c1-29-10-8-18-42-44(29)38-28-40(35-13-4-5-14-36(35)46(38)49-42)47(39-16-9-19-43-45(39)37-15-6-7-17-41(37)48-43)34-26-24-33(25-27-34)32-22-20-31(21-23-32)30-11-2-3-12-30/h4-10,13-28,30H,2-3,11-12H2,1H3. The summed E-state index contributed by atoms with van der Waals surface area (Å²) in [5.41, 5.74) is 12.0. The summed E-state index contributed by atoms with van der Waals surface area (Å²) in [6, 6.07) is 50.3. The van der Waals surface area contributed by atoms with Crippen molar-refractivity contribution in [1.82, 2.24) is 0 Å². The van der Waals surface area contributed by atoms with Crippen LogP contribution in [0.2, 0.25) is 0 Å². The van der Waals surface area contributed by atoms with Crippen LogP contribution in [0.25, 0.3) is 65.8 Å². The molecule has 236 valence electrons. The van der Waals surface area contributed by atoms with Crippen LogP contribution in [0.3, 0.4) is 0 Å². The normalized spacial score (nSPS) is 13.8. The Morgan fingerprint density at radius 2 is 1.14 bits per heavy atom. The van der Waals surface area contributed by atoms with Gasteiger partial charge in [-0.3, -0.25) is 0 Å². The minimum atomic E-state index is 0.718. The summed E-state index contributed by atoms with van der Waals surface area (Å²) in [7, 11) is 0. The fourth-order valence-corrected chi connectivity index (χ4v) is 8.35. The lowest BCUT2D eigenvalue weighted by Crippen LogP contribution is -2.11. The third-order valence-electron chi connectivity index (χ3n) is 10.7. The minimum Gasteiger partial charge on any atom is -0.456 e. The lowest BCUT2D eigenvalue weighted by atomic mass is 9.95. The maximum atomic E-state index is 6.58. The van der Waals surface area contributed by atoms with Gasteiger partial charge in [0, 0.05) is 32.6 Å². The molecule has 2 heterocycles. The maximum Gasteiger partial charge on any atom is 0.143 e. The first-order chi connectivity index (χ1) is 24.2. The predicted molar refractivity (Wildman–Crippen MR) is 205 cm³/mol. The number of aryl methyl sites for hydroxylation is 1. The zero-order chi connectivity index (χ0) is 32.5. The van der Waals surface area contributed by atoms with Crippen molar-refractivity contribution < 1.29 is 8.83 Å². The van der Waals surface area contributed by atoms with E-state index >= 15 is 0 Å². The van der Waals surface area contributed by atoms with Gasteiger partial charge in [0.15, 0.2) is 0 Å². The van der Waals surface area contributed by atoms with Crippen molar-refractivity contribution in [2.45, 2.75) is 38.5 Å². The van der Waals surface area contributed by atoms with Crippen LogP contribution in [0.15, 0.2) is 148 Å². The third kappa shape index (κ3) is 4.49. The molecule has 9 aromatic rings. The first-order valence-corrected chi connectivity index (χ1v) is 17.5. The highest BCUT2D eigenvalue weighted by Gasteiger charge is 2.24. The van der Waals surface area contributed by atoms with Crippen LogP contribution in [-0.4, -0.2) is 0 Å². The van der Waals surface area contributed by atoms with Gasteiger partial charge in [-0.2, -0.15) is 0 Å². The fourth-order valence-electron chi connectivity index (χ4n) is 8.35. The molecule has 1 aliphatic carbocycles. The molecule has 7 aromatic carbocycles. The molecule has 10 rings (SSSR count). The van der Waals surface area contributed by atoms with E-state index in [2.05, 4.69) is 145 Å². The van der Waals surface area contributed by atoms with Gasteiger partial charge in [-0.05, 0) is 90.4 Å². The van der Waals surface area contributed by atoms with Gasteiger partial charge in [-0.15, -0.1) is 0 Å². The van der Waals surface area contributed by atoms with Gasteiger partial charge in [0.1, 0.15) is 22.3 Å². The first kappa shape index (κ1) is 28.2. The molecule has 3 nitrogen and oxygen atoms in total. The Kier molecular flexibility index (Phi) is 6.42. The first-order valence-electron chi connectivity index (χ1n) is 17.5. The van der Waals surface area contributed by atoms with Crippen LogP contribution >= 0.6 is 0 Å². The molecule has 2 aromatic heterocycles. The molecule has 0 radical (unpaired) electrons. The predicted octanol–water partition coefficient (Wildman–Crippen LogP) is 13.7. The number of rotatable bonds is 5. The average Bonchev–Trinajstić information content (AvgIpc) is 3.91. The molecule has 0 aliphatic heterocycles. The molecule has 1 saturated carbocycles. The molecule has 1 fully saturated rings. The van der Waals surface area contributed by atoms with E-state index in [4.69, 9.17) is 8.83 Å². The van der Waals surface area contributed by atoms with Crippen LogP contribution in [-0.2, 0) is 0 Å². The Morgan fingerprint density at radius 1 is 0.510 bits per heavy atom. The molecule has 0 spiro atoms. The fraction of sp³-hybridized carbons (Fsp3) is 0.130. The van der Waals surface area contributed by atoms with E-state index < -0.39 is 0 Å². The van der Waals surface area contributed by atoms with Gasteiger partial charge in [-0.1, -0.05) is 110 Å². The van der Waals surface area contributed by atoms with Crippen molar-refractivity contribution in [1.29, 1.82) is 0 Å². The van der Waals surface area contributed by atoms with E-state index in [1.807, 2.05) is 6.07 Å². The van der Waals surface area contributed by atoms with Gasteiger partial charge in [0.25, 0.3) is 0 Å². The second-order valence-corrected chi connectivity index (χ2v) is 13.6. The Morgan fingerprint density at radius 3 is 1.92 bits per heavy atom. The van der Waals surface area contributed by atoms with Crippen molar-refractivity contribution in [3.8, 4) is 11.1 Å². The van der Waals surface area contributed by atoms with E-state index in [1.165, 1.54) is 47.9 Å². The molecule has 0 atom stereocenters. The van der Waals surface area contributed by atoms with Crippen LogP contribution in [0.1, 0.15) is 42.7 Å². The number of para-hydroxylation sites is 1. The molecule has 0 unspecified atom stereocenters. The summed E-state index contributed by atoms with van der Waals surface area (Å²) >= 11 is 0. The van der Waals surface area contributed by atoms with Crippen LogP contribution in [0.5, 0.6) is 0 Å². The summed E-state index contributed by atoms with van der Waals surface area (Å²) in [4.78, 5) is 2.41. The Hall–Kier alpha value is -5.80. The number of furan rings is 2. The van der Waals surface area contributed by atoms with Gasteiger partial charge >= 0.3 is 0 Å². The van der Waals surface area contributed by atoms with Crippen molar-refractivity contribution in [2.24, 2.45) is 0 Å². The second-order valence-electron chi connectivity index (χ2n) is 13.6. The van der Waals surface area contributed by atoms with Gasteiger partial charge in [-0.25, -0.2) is 0 Å². The highest BCUT2D eigenvalue weighted by atomic mass is 16.3. The molecular weight excluding hydrogens is 599 g/mol. The number of nitrogens with zero attached hydrogens (tertiary/aromatic N) is 1. The average molecular weight is 634 g/mol. The summed E-state index contributed by atoms with van der Waals surface area (Å²) in [5.74, 6) is 0.718. The van der Waals surface area contributed by atoms with Gasteiger partial charge in [0.2, 0.25) is 0 Å². The van der Waals surface area contributed by atoms with Crippen molar-refractivity contribution in [3.63, 3.8) is 0 Å². The van der Waals surface area contributed by atoms with Crippen molar-refractivity contribution in [2.75, 3.05) is 4.90 Å². The van der Waals surface area contributed by atoms with Gasteiger partial charge < -0.3 is 13.7 Å². The summed E-state index contributed by atoms with van der Waals surface area (Å²) in [6.45, 7) is 2.17. The lowest BCUT2D eigenvalue weighted by molar-refractivity contribution is 0.669. The third-order valence-corrected chi connectivity index (χ3v) is 10.7. The highest BCUT2D eigenvalue weighted by Crippen LogP contribution is 2.48. The zero-order valence-electron chi connectivity index (χ0n) is 27.4. The molecule has 49 heavy (non-hydrogen) atoms. The molecule has 0 bridgehead atoms.